The molecule has 0 bridgehead atoms. The molecule has 2 atom stereocenters. The van der Waals surface area contributed by atoms with Gasteiger partial charge >= 0.3 is 11.8 Å². The predicted octanol–water partition coefficient (Wildman–Crippen LogP) is 2.12. The number of hydrogen-bond donors (Lipinski definition) is 2. The molecule has 1 aromatic carbocycles. The molecule has 0 saturated heterocycles. The van der Waals surface area contributed by atoms with Crippen LogP contribution in [0.4, 0.5) is 5.69 Å². The van der Waals surface area contributed by atoms with E-state index in [2.05, 4.69) is 12.2 Å². The van der Waals surface area contributed by atoms with Gasteiger partial charge in [0.1, 0.15) is 0 Å². The van der Waals surface area contributed by atoms with E-state index in [1.807, 2.05) is 19.1 Å². The van der Waals surface area contributed by atoms with Gasteiger partial charge in [-0.1, -0.05) is 19.4 Å². The number of anilines is 1. The lowest BCUT2D eigenvalue weighted by Crippen LogP contribution is -2.41. The lowest BCUT2D eigenvalue weighted by Gasteiger charge is -2.22. The average molecular weight is 318 g/mol. The molecule has 126 valence electrons. The summed E-state index contributed by atoms with van der Waals surface area (Å²) in [6.45, 7) is 4.50. The smallest absolute Gasteiger partial charge is 0.313 e. The Bertz CT molecular complexity index is 586. The molecule has 0 spiro atoms. The monoisotopic (exact) mass is 318 g/mol. The number of benzene rings is 1. The van der Waals surface area contributed by atoms with Crippen LogP contribution >= 0.6 is 0 Å². The normalized spacial score (nSPS) is 20.3. The maximum atomic E-state index is 12.2. The molecule has 1 fully saturated rings. The van der Waals surface area contributed by atoms with Crippen LogP contribution in [0.5, 0.6) is 0 Å². The van der Waals surface area contributed by atoms with Crippen molar-refractivity contribution in [3.63, 3.8) is 0 Å². The fraction of sp³-hybridized carbons (Fsp3) is 0.556. The van der Waals surface area contributed by atoms with E-state index in [-0.39, 0.29) is 12.0 Å². The van der Waals surface area contributed by atoms with E-state index in [0.717, 1.165) is 31.2 Å². The van der Waals surface area contributed by atoms with Crippen molar-refractivity contribution >= 4 is 17.5 Å². The van der Waals surface area contributed by atoms with Crippen LogP contribution < -0.4 is 5.32 Å². The average Bonchev–Trinajstić information content (AvgIpc) is 2.93. The molecule has 23 heavy (non-hydrogen) atoms. The summed E-state index contributed by atoms with van der Waals surface area (Å²) in [5.74, 6) is -1.13. The van der Waals surface area contributed by atoms with Crippen LogP contribution in [-0.2, 0) is 16.0 Å². The molecule has 1 aromatic rings. The van der Waals surface area contributed by atoms with E-state index in [0.29, 0.717) is 12.2 Å². The number of carbonyl (C=O) groups excluding carboxylic acids is 2. The van der Waals surface area contributed by atoms with Crippen molar-refractivity contribution in [1.82, 2.24) is 4.90 Å². The minimum atomic E-state index is -0.633. The Morgan fingerprint density at radius 3 is 2.70 bits per heavy atom. The van der Waals surface area contributed by atoms with Crippen LogP contribution in [0.1, 0.15) is 37.3 Å². The fourth-order valence-corrected chi connectivity index (χ4v) is 3.15. The van der Waals surface area contributed by atoms with E-state index in [1.165, 1.54) is 10.5 Å². The minimum Gasteiger partial charge on any atom is -0.393 e. The van der Waals surface area contributed by atoms with E-state index in [1.54, 1.807) is 13.1 Å². The van der Waals surface area contributed by atoms with Crippen LogP contribution in [-0.4, -0.2) is 41.5 Å². The first-order chi connectivity index (χ1) is 10.9. The van der Waals surface area contributed by atoms with Crippen LogP contribution in [0.25, 0.3) is 0 Å². The van der Waals surface area contributed by atoms with Gasteiger partial charge in [-0.2, -0.15) is 0 Å². The Labute approximate surface area is 137 Å². The van der Waals surface area contributed by atoms with Crippen LogP contribution in [0, 0.1) is 12.8 Å². The predicted molar refractivity (Wildman–Crippen MR) is 90.2 cm³/mol. The summed E-state index contributed by atoms with van der Waals surface area (Å²) < 4.78 is 0. The van der Waals surface area contributed by atoms with Gasteiger partial charge in [-0.3, -0.25) is 9.59 Å². The summed E-state index contributed by atoms with van der Waals surface area (Å²) in [6, 6.07) is 5.65. The summed E-state index contributed by atoms with van der Waals surface area (Å²) in [4.78, 5) is 25.7. The topological polar surface area (TPSA) is 69.6 Å². The van der Waals surface area contributed by atoms with E-state index in [9.17, 15) is 14.7 Å². The molecule has 1 aliphatic rings. The molecule has 2 N–H and O–H groups in total. The van der Waals surface area contributed by atoms with E-state index >= 15 is 0 Å². The number of aliphatic hydroxyl groups excluding tert-OH is 1. The van der Waals surface area contributed by atoms with Gasteiger partial charge in [0.15, 0.2) is 0 Å². The maximum absolute atomic E-state index is 12.2. The van der Waals surface area contributed by atoms with Gasteiger partial charge in [0.2, 0.25) is 0 Å². The second-order valence-electron chi connectivity index (χ2n) is 6.39. The summed E-state index contributed by atoms with van der Waals surface area (Å²) in [7, 11) is 1.61. The standard InChI is InChI=1S/C18H26N2O3/c1-4-13-10-15(9-8-12(13)2)19-17(22)18(23)20(3)11-14-6-5-7-16(14)21/h8-10,14,16,21H,4-7,11H2,1-3H3,(H,19,22). The third-order valence-electron chi connectivity index (χ3n) is 4.66. The Kier molecular flexibility index (Phi) is 5.77. The molecular formula is C18H26N2O3. The van der Waals surface area contributed by atoms with E-state index in [4.69, 9.17) is 0 Å². The first-order valence-corrected chi connectivity index (χ1v) is 8.26. The molecule has 2 unspecified atom stereocenters. The van der Waals surface area contributed by atoms with Gasteiger partial charge in [0.05, 0.1) is 6.10 Å². The Balaban J connectivity index is 1.95. The number of amides is 2. The highest BCUT2D eigenvalue weighted by molar-refractivity contribution is 6.39. The van der Waals surface area contributed by atoms with Crippen molar-refractivity contribution in [1.29, 1.82) is 0 Å². The third-order valence-corrected chi connectivity index (χ3v) is 4.66. The van der Waals surface area contributed by atoms with Crippen LogP contribution in [0.2, 0.25) is 0 Å². The number of aryl methyl sites for hydroxylation is 2. The highest BCUT2D eigenvalue weighted by Gasteiger charge is 2.29. The van der Waals surface area contributed by atoms with Gasteiger partial charge in [-0.05, 0) is 49.4 Å². The molecule has 2 rings (SSSR count). The van der Waals surface area contributed by atoms with Crippen molar-refractivity contribution in [2.45, 2.75) is 45.6 Å². The molecule has 1 saturated carbocycles. The second kappa shape index (κ2) is 7.59. The van der Waals surface area contributed by atoms with Gasteiger partial charge in [-0.25, -0.2) is 0 Å². The van der Waals surface area contributed by atoms with Crippen molar-refractivity contribution in [3.05, 3.63) is 29.3 Å². The number of nitrogens with zero attached hydrogens (tertiary/aromatic N) is 1. The molecule has 2 amide bonds. The van der Waals surface area contributed by atoms with E-state index < -0.39 is 11.8 Å². The highest BCUT2D eigenvalue weighted by Crippen LogP contribution is 2.26. The molecule has 1 aliphatic carbocycles. The number of rotatable bonds is 4. The maximum Gasteiger partial charge on any atom is 0.313 e. The Morgan fingerprint density at radius 1 is 1.35 bits per heavy atom. The van der Waals surface area contributed by atoms with Crippen molar-refractivity contribution < 1.29 is 14.7 Å². The number of nitrogens with one attached hydrogen (secondary N) is 1. The fourth-order valence-electron chi connectivity index (χ4n) is 3.15. The number of hydrogen-bond acceptors (Lipinski definition) is 3. The lowest BCUT2D eigenvalue weighted by molar-refractivity contribution is -0.142. The number of aliphatic hydroxyl groups is 1. The zero-order valence-corrected chi connectivity index (χ0v) is 14.1. The van der Waals surface area contributed by atoms with Gasteiger partial charge in [-0.15, -0.1) is 0 Å². The molecule has 5 nitrogen and oxygen atoms in total. The molecule has 0 heterocycles. The van der Waals surface area contributed by atoms with Crippen molar-refractivity contribution in [3.8, 4) is 0 Å². The summed E-state index contributed by atoms with van der Waals surface area (Å²) >= 11 is 0. The second-order valence-corrected chi connectivity index (χ2v) is 6.39. The molecule has 0 radical (unpaired) electrons. The van der Waals surface area contributed by atoms with Gasteiger partial charge in [0.25, 0.3) is 0 Å². The van der Waals surface area contributed by atoms with Crippen molar-refractivity contribution in [2.75, 3.05) is 18.9 Å². The zero-order valence-electron chi connectivity index (χ0n) is 14.1. The zero-order chi connectivity index (χ0) is 17.0. The minimum absolute atomic E-state index is 0.0721. The van der Waals surface area contributed by atoms with Crippen LogP contribution in [0.3, 0.4) is 0 Å². The highest BCUT2D eigenvalue weighted by atomic mass is 16.3. The SMILES string of the molecule is CCc1cc(NC(=O)C(=O)N(C)CC2CCCC2O)ccc1C. The van der Waals surface area contributed by atoms with Crippen LogP contribution in [0.15, 0.2) is 18.2 Å². The largest absolute Gasteiger partial charge is 0.393 e. The molecule has 5 heteroatoms. The van der Waals surface area contributed by atoms with Crippen molar-refractivity contribution in [2.24, 2.45) is 5.92 Å². The molecular weight excluding hydrogens is 292 g/mol. The van der Waals surface area contributed by atoms with Gasteiger partial charge in [0, 0.05) is 25.2 Å². The number of likely N-dealkylation sites (N-methyl/N-ethyl adjacent to an activating group) is 1. The summed E-state index contributed by atoms with van der Waals surface area (Å²) in [5.41, 5.74) is 2.96. The summed E-state index contributed by atoms with van der Waals surface area (Å²) in [5, 5.41) is 12.5. The molecule has 0 aliphatic heterocycles. The molecule has 0 aromatic heterocycles. The Morgan fingerprint density at radius 2 is 2.09 bits per heavy atom. The first kappa shape index (κ1) is 17.5. The third kappa shape index (κ3) is 4.32. The summed E-state index contributed by atoms with van der Waals surface area (Å²) in [6.07, 6.45) is 3.17. The first-order valence-electron chi connectivity index (χ1n) is 8.26. The quantitative estimate of drug-likeness (QED) is 0.836. The Hall–Kier alpha value is -1.88. The van der Waals surface area contributed by atoms with Gasteiger partial charge < -0.3 is 15.3 Å². The number of carbonyl (C=O) groups is 2. The lowest BCUT2D eigenvalue weighted by atomic mass is 10.1.